The molecule has 0 N–H and O–H groups in total. The molecule has 54 heavy (non-hydrogen) atoms. The van der Waals surface area contributed by atoms with Gasteiger partial charge in [-0.3, -0.25) is 9.97 Å². The number of nitriles is 1. The molecule has 0 saturated carbocycles. The maximum atomic E-state index is 9.76. The predicted octanol–water partition coefficient (Wildman–Crippen LogP) is 11.4. The monoisotopic (exact) mass is 705 g/mol. The van der Waals surface area contributed by atoms with Gasteiger partial charge in [0.2, 0.25) is 0 Å². The Kier molecular flexibility index (Phi) is 5.92. The maximum absolute atomic E-state index is 9.76. The van der Waals surface area contributed by atoms with E-state index in [0.717, 1.165) is 55.7 Å². The van der Waals surface area contributed by atoms with Crippen molar-refractivity contribution in [2.75, 3.05) is 0 Å². The van der Waals surface area contributed by atoms with Gasteiger partial charge >= 0.3 is 0 Å². The van der Waals surface area contributed by atoms with Gasteiger partial charge in [-0.2, -0.15) is 5.26 Å². The smallest absolute Gasteiger partial charge is 0.0991 e. The minimum Gasteiger partial charge on any atom is -0.309 e. The lowest BCUT2D eigenvalue weighted by Crippen LogP contribution is -2.33. The molecule has 5 heterocycles. The van der Waals surface area contributed by atoms with Crippen LogP contribution in [0.15, 0.2) is 174 Å². The highest BCUT2D eigenvalue weighted by molar-refractivity contribution is 7.99. The van der Waals surface area contributed by atoms with Gasteiger partial charge in [-0.15, -0.1) is 0 Å². The molecule has 0 radical (unpaired) electrons. The number of hydrogen-bond donors (Lipinski definition) is 0. The zero-order valence-electron chi connectivity index (χ0n) is 28.7. The van der Waals surface area contributed by atoms with E-state index in [0.29, 0.717) is 5.56 Å². The van der Waals surface area contributed by atoms with Gasteiger partial charge in [0.1, 0.15) is 0 Å². The first-order valence-electron chi connectivity index (χ1n) is 18.0. The minimum atomic E-state index is -0.687. The molecule has 1 spiro atoms. The third kappa shape index (κ3) is 3.69. The van der Waals surface area contributed by atoms with Gasteiger partial charge in [-0.25, -0.2) is 0 Å². The van der Waals surface area contributed by atoms with Crippen LogP contribution < -0.4 is 0 Å². The SMILES string of the molecule is N#Cc1ccc2c(c1)c1ccccc1n2-c1ccc2c(c1)Sc1cccc(-n3c4ccccc4c4ccccc43)c1C21c2cccnc2-c2ncccc21. The molecule has 0 saturated heterocycles. The molecule has 5 nitrogen and oxygen atoms in total. The van der Waals surface area contributed by atoms with Crippen LogP contribution in [0.2, 0.25) is 0 Å². The van der Waals surface area contributed by atoms with Crippen molar-refractivity contribution < 1.29 is 0 Å². The van der Waals surface area contributed by atoms with Crippen molar-refractivity contribution in [3.8, 4) is 28.8 Å². The van der Waals surface area contributed by atoms with Gasteiger partial charge in [0.15, 0.2) is 0 Å². The Labute approximate surface area is 314 Å². The molecule has 6 heteroatoms. The Balaban J connectivity index is 1.20. The van der Waals surface area contributed by atoms with Crippen LogP contribution in [-0.4, -0.2) is 19.1 Å². The summed E-state index contributed by atoms with van der Waals surface area (Å²) in [7, 11) is 0. The third-order valence-electron chi connectivity index (χ3n) is 11.5. The molecule has 1 aliphatic heterocycles. The third-order valence-corrected chi connectivity index (χ3v) is 12.6. The summed E-state index contributed by atoms with van der Waals surface area (Å²) >= 11 is 1.83. The highest BCUT2D eigenvalue weighted by Crippen LogP contribution is 2.63. The van der Waals surface area contributed by atoms with Gasteiger partial charge in [0.05, 0.1) is 56.2 Å². The summed E-state index contributed by atoms with van der Waals surface area (Å²) in [5.41, 5.74) is 13.3. The molecule has 250 valence electrons. The highest BCUT2D eigenvalue weighted by Gasteiger charge is 2.53. The summed E-state index contributed by atoms with van der Waals surface area (Å²) in [5.74, 6) is 0. The van der Waals surface area contributed by atoms with E-state index in [9.17, 15) is 5.26 Å². The average Bonchev–Trinajstić information content (AvgIpc) is 3.85. The molecular formula is C48H27N5S. The van der Waals surface area contributed by atoms with Crippen LogP contribution in [0.1, 0.15) is 27.8 Å². The summed E-state index contributed by atoms with van der Waals surface area (Å²) in [4.78, 5) is 12.4. The molecule has 10 aromatic rings. The summed E-state index contributed by atoms with van der Waals surface area (Å²) in [5, 5.41) is 14.4. The first-order chi connectivity index (χ1) is 26.8. The first-order valence-corrected chi connectivity index (χ1v) is 18.9. The Morgan fingerprint density at radius 2 is 1.11 bits per heavy atom. The summed E-state index contributed by atoms with van der Waals surface area (Å²) in [6.45, 7) is 0. The van der Waals surface area contributed by atoms with E-state index < -0.39 is 5.41 Å². The second kappa shape index (κ2) is 10.8. The van der Waals surface area contributed by atoms with Crippen LogP contribution >= 0.6 is 11.8 Å². The van der Waals surface area contributed by atoms with Gasteiger partial charge in [0.25, 0.3) is 0 Å². The lowest BCUT2D eigenvalue weighted by Gasteiger charge is -2.41. The standard InChI is InChI=1S/C48H27N5S/c49-28-29-20-23-41-34(26-29)33-12-3-4-15-38(33)52(41)30-21-22-35-44(27-30)54-43-19-7-18-42(53-39-16-5-1-10-31(39)32-11-2-6-17-40(32)53)45(43)48(35)36-13-8-24-50-46(36)47-37(48)14-9-25-51-47/h1-27H. The number of aromatic nitrogens is 4. The van der Waals surface area contributed by atoms with Gasteiger partial charge in [0, 0.05) is 55.0 Å². The van der Waals surface area contributed by atoms with Crippen LogP contribution in [0.25, 0.3) is 66.4 Å². The zero-order chi connectivity index (χ0) is 35.5. The van der Waals surface area contributed by atoms with Crippen molar-refractivity contribution >= 4 is 55.4 Å². The van der Waals surface area contributed by atoms with Crippen LogP contribution in [0.5, 0.6) is 0 Å². The normalized spacial score (nSPS) is 13.6. The van der Waals surface area contributed by atoms with Crippen LogP contribution in [0.4, 0.5) is 0 Å². The molecule has 6 aromatic carbocycles. The summed E-state index contributed by atoms with van der Waals surface area (Å²) in [6, 6.07) is 56.7. The molecule has 0 amide bonds. The van der Waals surface area contributed by atoms with E-state index in [1.54, 1.807) is 0 Å². The quantitative estimate of drug-likeness (QED) is 0.180. The number of nitrogens with zero attached hydrogens (tertiary/aromatic N) is 5. The van der Waals surface area contributed by atoms with E-state index in [1.165, 1.54) is 42.7 Å². The van der Waals surface area contributed by atoms with Crippen LogP contribution in [0.3, 0.4) is 0 Å². The first kappa shape index (κ1) is 29.6. The molecule has 2 aliphatic rings. The number of rotatable bonds is 2. The van der Waals surface area contributed by atoms with Gasteiger partial charge in [-0.05, 0) is 89.5 Å². The Morgan fingerprint density at radius 1 is 0.500 bits per heavy atom. The average molecular weight is 706 g/mol. The summed E-state index contributed by atoms with van der Waals surface area (Å²) < 4.78 is 4.80. The maximum Gasteiger partial charge on any atom is 0.0991 e. The molecule has 0 atom stereocenters. The zero-order valence-corrected chi connectivity index (χ0v) is 29.5. The van der Waals surface area contributed by atoms with E-state index in [1.807, 2.05) is 36.3 Å². The fourth-order valence-electron chi connectivity index (χ4n) is 9.47. The van der Waals surface area contributed by atoms with Crippen molar-refractivity contribution in [1.29, 1.82) is 5.26 Å². The number of para-hydroxylation sites is 3. The lowest BCUT2D eigenvalue weighted by molar-refractivity contribution is 0.712. The molecule has 12 rings (SSSR count). The molecule has 1 aliphatic carbocycles. The molecule has 0 fully saturated rings. The van der Waals surface area contributed by atoms with E-state index in [-0.39, 0.29) is 0 Å². The minimum absolute atomic E-state index is 0.657. The number of benzene rings is 6. The topological polar surface area (TPSA) is 59.4 Å². The molecular weight excluding hydrogens is 679 g/mol. The number of fused-ring (bicyclic) bond motifs is 15. The van der Waals surface area contributed by atoms with Crippen molar-refractivity contribution in [1.82, 2.24) is 19.1 Å². The van der Waals surface area contributed by atoms with Crippen molar-refractivity contribution in [3.05, 3.63) is 192 Å². The van der Waals surface area contributed by atoms with E-state index >= 15 is 0 Å². The largest absolute Gasteiger partial charge is 0.309 e. The van der Waals surface area contributed by atoms with Gasteiger partial charge < -0.3 is 9.13 Å². The van der Waals surface area contributed by atoms with Crippen LogP contribution in [0, 0.1) is 11.3 Å². The second-order valence-corrected chi connectivity index (χ2v) is 15.1. The Hall–Kier alpha value is -6.94. The van der Waals surface area contributed by atoms with Crippen molar-refractivity contribution in [3.63, 3.8) is 0 Å². The second-order valence-electron chi connectivity index (χ2n) is 14.0. The predicted molar refractivity (Wildman–Crippen MR) is 217 cm³/mol. The van der Waals surface area contributed by atoms with Gasteiger partial charge in [-0.1, -0.05) is 90.6 Å². The Bertz CT molecular complexity index is 3190. The Morgan fingerprint density at radius 3 is 1.78 bits per heavy atom. The molecule has 0 bridgehead atoms. The van der Waals surface area contributed by atoms with Crippen LogP contribution in [-0.2, 0) is 5.41 Å². The van der Waals surface area contributed by atoms with Crippen molar-refractivity contribution in [2.45, 2.75) is 15.2 Å². The highest BCUT2D eigenvalue weighted by atomic mass is 32.2. The van der Waals surface area contributed by atoms with Crippen molar-refractivity contribution in [2.24, 2.45) is 0 Å². The number of hydrogen-bond acceptors (Lipinski definition) is 4. The molecule has 0 unspecified atom stereocenters. The lowest BCUT2D eigenvalue weighted by atomic mass is 9.67. The van der Waals surface area contributed by atoms with E-state index in [4.69, 9.17) is 9.97 Å². The van der Waals surface area contributed by atoms with E-state index in [2.05, 4.69) is 155 Å². The number of pyridine rings is 2. The molecule has 4 aromatic heterocycles. The fraction of sp³-hybridized carbons (Fsp3) is 0.0208. The fourth-order valence-corrected chi connectivity index (χ4v) is 10.7. The summed E-state index contributed by atoms with van der Waals surface area (Å²) in [6.07, 6.45) is 3.77.